The summed E-state index contributed by atoms with van der Waals surface area (Å²) < 4.78 is 0. The number of aliphatic carboxylic acids is 1. The molecule has 5 nitrogen and oxygen atoms in total. The van der Waals surface area contributed by atoms with Crippen molar-refractivity contribution in [1.82, 2.24) is 5.32 Å². The highest BCUT2D eigenvalue weighted by atomic mass is 16.4. The number of hydrogen-bond acceptors (Lipinski definition) is 3. The molecular weight excluding hydrogens is 268 g/mol. The van der Waals surface area contributed by atoms with Gasteiger partial charge in [-0.3, -0.25) is 9.59 Å². The molecule has 0 bridgehead atoms. The average molecular weight is 292 g/mol. The molecular formula is C16H24N2O3. The smallest absolute Gasteiger partial charge is 0.307 e. The zero-order valence-electron chi connectivity index (χ0n) is 12.9. The van der Waals surface area contributed by atoms with E-state index in [9.17, 15) is 9.59 Å². The minimum atomic E-state index is -0.943. The lowest BCUT2D eigenvalue weighted by Gasteiger charge is -2.20. The van der Waals surface area contributed by atoms with E-state index in [1.807, 2.05) is 37.4 Å². The Labute approximate surface area is 126 Å². The fourth-order valence-electron chi connectivity index (χ4n) is 1.94. The molecule has 1 aromatic rings. The summed E-state index contributed by atoms with van der Waals surface area (Å²) in [4.78, 5) is 24.8. The number of benzene rings is 1. The van der Waals surface area contributed by atoms with Gasteiger partial charge in [0.25, 0.3) is 0 Å². The Morgan fingerprint density at radius 3 is 2.38 bits per heavy atom. The SMILES string of the molecule is CC(C(=O)O)C(C)C(=O)NCCCN(C)c1ccccc1. The Morgan fingerprint density at radius 2 is 1.81 bits per heavy atom. The molecule has 1 aromatic carbocycles. The molecule has 0 spiro atoms. The number of nitrogens with one attached hydrogen (secondary N) is 1. The van der Waals surface area contributed by atoms with Crippen LogP contribution in [0, 0.1) is 11.8 Å². The topological polar surface area (TPSA) is 69.6 Å². The Bertz CT molecular complexity index is 462. The molecule has 0 aliphatic rings. The normalized spacial score (nSPS) is 13.3. The van der Waals surface area contributed by atoms with Crippen molar-refractivity contribution in [1.29, 1.82) is 0 Å². The standard InChI is InChI=1S/C16H24N2O3/c1-12(13(2)16(20)21)15(19)17-10-7-11-18(3)14-8-5-4-6-9-14/h4-6,8-9,12-13H,7,10-11H2,1-3H3,(H,17,19)(H,20,21). The molecule has 5 heteroatoms. The van der Waals surface area contributed by atoms with E-state index in [0.29, 0.717) is 6.54 Å². The van der Waals surface area contributed by atoms with Gasteiger partial charge in [0, 0.05) is 31.7 Å². The van der Waals surface area contributed by atoms with Gasteiger partial charge in [0.05, 0.1) is 5.92 Å². The van der Waals surface area contributed by atoms with Crippen LogP contribution in [0.15, 0.2) is 30.3 Å². The number of carbonyl (C=O) groups excluding carboxylic acids is 1. The number of rotatable bonds is 8. The van der Waals surface area contributed by atoms with Crippen molar-refractivity contribution in [3.8, 4) is 0 Å². The molecule has 0 fully saturated rings. The molecule has 21 heavy (non-hydrogen) atoms. The highest BCUT2D eigenvalue weighted by Gasteiger charge is 2.25. The highest BCUT2D eigenvalue weighted by molar-refractivity contribution is 5.84. The minimum absolute atomic E-state index is 0.202. The van der Waals surface area contributed by atoms with Crippen molar-refractivity contribution in [3.05, 3.63) is 30.3 Å². The fourth-order valence-corrected chi connectivity index (χ4v) is 1.94. The molecule has 1 rings (SSSR count). The lowest BCUT2D eigenvalue weighted by molar-refractivity contribution is -0.146. The van der Waals surface area contributed by atoms with Gasteiger partial charge in [-0.15, -0.1) is 0 Å². The van der Waals surface area contributed by atoms with E-state index < -0.39 is 17.8 Å². The van der Waals surface area contributed by atoms with Crippen LogP contribution in [0.2, 0.25) is 0 Å². The van der Waals surface area contributed by atoms with E-state index >= 15 is 0 Å². The van der Waals surface area contributed by atoms with Crippen LogP contribution in [0.1, 0.15) is 20.3 Å². The second kappa shape index (κ2) is 8.29. The lowest BCUT2D eigenvalue weighted by atomic mass is 9.95. The van der Waals surface area contributed by atoms with E-state index in [-0.39, 0.29) is 5.91 Å². The van der Waals surface area contributed by atoms with Gasteiger partial charge in [-0.1, -0.05) is 32.0 Å². The second-order valence-corrected chi connectivity index (χ2v) is 5.32. The number of nitrogens with zero attached hydrogens (tertiary/aromatic N) is 1. The number of carboxylic acids is 1. The van der Waals surface area contributed by atoms with Crippen molar-refractivity contribution < 1.29 is 14.7 Å². The predicted molar refractivity (Wildman–Crippen MR) is 83.3 cm³/mol. The minimum Gasteiger partial charge on any atom is -0.481 e. The molecule has 0 saturated heterocycles. The van der Waals surface area contributed by atoms with Gasteiger partial charge in [-0.25, -0.2) is 0 Å². The van der Waals surface area contributed by atoms with Crippen molar-refractivity contribution in [2.24, 2.45) is 11.8 Å². The van der Waals surface area contributed by atoms with Crippen LogP contribution in [0.25, 0.3) is 0 Å². The van der Waals surface area contributed by atoms with E-state index in [1.165, 1.54) is 0 Å². The van der Waals surface area contributed by atoms with Gasteiger partial charge < -0.3 is 15.3 Å². The summed E-state index contributed by atoms with van der Waals surface area (Å²) in [5.74, 6) is -2.33. The Kier molecular flexibility index (Phi) is 6.72. The highest BCUT2D eigenvalue weighted by Crippen LogP contribution is 2.12. The van der Waals surface area contributed by atoms with E-state index in [2.05, 4.69) is 10.2 Å². The monoisotopic (exact) mass is 292 g/mol. The average Bonchev–Trinajstić information content (AvgIpc) is 2.50. The van der Waals surface area contributed by atoms with Crippen LogP contribution >= 0.6 is 0 Å². The molecule has 2 N–H and O–H groups in total. The maximum absolute atomic E-state index is 11.8. The zero-order valence-corrected chi connectivity index (χ0v) is 12.9. The number of amides is 1. The quantitative estimate of drug-likeness (QED) is 0.719. The third kappa shape index (κ3) is 5.45. The summed E-state index contributed by atoms with van der Waals surface area (Å²) in [7, 11) is 2.01. The van der Waals surface area contributed by atoms with E-state index in [4.69, 9.17) is 5.11 Å². The van der Waals surface area contributed by atoms with Crippen LogP contribution in [0.3, 0.4) is 0 Å². The number of anilines is 1. The largest absolute Gasteiger partial charge is 0.481 e. The van der Waals surface area contributed by atoms with E-state index in [0.717, 1.165) is 18.7 Å². The summed E-state index contributed by atoms with van der Waals surface area (Å²) in [5.41, 5.74) is 1.14. The Balaban J connectivity index is 2.28. The van der Waals surface area contributed by atoms with Crippen molar-refractivity contribution in [2.75, 3.05) is 25.0 Å². The first-order valence-corrected chi connectivity index (χ1v) is 7.20. The summed E-state index contributed by atoms with van der Waals surface area (Å²) in [6.45, 7) is 4.57. The number of carbonyl (C=O) groups is 2. The summed E-state index contributed by atoms with van der Waals surface area (Å²) in [5, 5.41) is 11.7. The Morgan fingerprint density at radius 1 is 1.19 bits per heavy atom. The Hall–Kier alpha value is -2.04. The van der Waals surface area contributed by atoms with E-state index in [1.54, 1.807) is 13.8 Å². The molecule has 0 aliphatic carbocycles. The molecule has 2 atom stereocenters. The number of carboxylic acid groups (broad SMARTS) is 1. The first-order chi connectivity index (χ1) is 9.93. The first-order valence-electron chi connectivity index (χ1n) is 7.20. The lowest BCUT2D eigenvalue weighted by Crippen LogP contribution is -2.36. The zero-order chi connectivity index (χ0) is 15.8. The fraction of sp³-hybridized carbons (Fsp3) is 0.500. The van der Waals surface area contributed by atoms with Crippen LogP contribution < -0.4 is 10.2 Å². The van der Waals surface area contributed by atoms with Crippen LogP contribution in [-0.4, -0.2) is 37.1 Å². The van der Waals surface area contributed by atoms with Gasteiger partial charge in [0.1, 0.15) is 0 Å². The number of hydrogen-bond donors (Lipinski definition) is 2. The van der Waals surface area contributed by atoms with Gasteiger partial charge in [0.15, 0.2) is 0 Å². The first kappa shape index (κ1) is 17.0. The van der Waals surface area contributed by atoms with Gasteiger partial charge in [-0.05, 0) is 18.6 Å². The molecule has 0 heterocycles. The third-order valence-corrected chi connectivity index (χ3v) is 3.72. The summed E-state index contributed by atoms with van der Waals surface area (Å²) in [6, 6.07) is 10.0. The van der Waals surface area contributed by atoms with Gasteiger partial charge in [0.2, 0.25) is 5.91 Å². The van der Waals surface area contributed by atoms with Crippen LogP contribution in [0.4, 0.5) is 5.69 Å². The predicted octanol–water partition coefficient (Wildman–Crippen LogP) is 1.99. The molecule has 0 aromatic heterocycles. The van der Waals surface area contributed by atoms with Gasteiger partial charge in [-0.2, -0.15) is 0 Å². The second-order valence-electron chi connectivity index (χ2n) is 5.32. The van der Waals surface area contributed by atoms with Crippen molar-refractivity contribution >= 4 is 17.6 Å². The van der Waals surface area contributed by atoms with Crippen molar-refractivity contribution in [2.45, 2.75) is 20.3 Å². The molecule has 116 valence electrons. The maximum Gasteiger partial charge on any atom is 0.307 e. The summed E-state index contributed by atoms with van der Waals surface area (Å²) in [6.07, 6.45) is 0.811. The molecule has 0 radical (unpaired) electrons. The van der Waals surface area contributed by atoms with Crippen LogP contribution in [0.5, 0.6) is 0 Å². The van der Waals surface area contributed by atoms with Gasteiger partial charge >= 0.3 is 5.97 Å². The molecule has 2 unspecified atom stereocenters. The molecule has 1 amide bonds. The third-order valence-electron chi connectivity index (χ3n) is 3.72. The van der Waals surface area contributed by atoms with Crippen LogP contribution in [-0.2, 0) is 9.59 Å². The molecule has 0 aliphatic heterocycles. The summed E-state index contributed by atoms with van der Waals surface area (Å²) >= 11 is 0. The molecule has 0 saturated carbocycles. The van der Waals surface area contributed by atoms with Crippen molar-refractivity contribution in [3.63, 3.8) is 0 Å². The number of para-hydroxylation sites is 1. The maximum atomic E-state index is 11.8.